The van der Waals surface area contributed by atoms with Crippen LogP contribution in [0.1, 0.15) is 32.6 Å². The summed E-state index contributed by atoms with van der Waals surface area (Å²) in [7, 11) is -3.91. The fourth-order valence-electron chi connectivity index (χ4n) is 2.53. The Bertz CT molecular complexity index is 619. The van der Waals surface area contributed by atoms with Crippen molar-refractivity contribution >= 4 is 33.0 Å². The zero-order chi connectivity index (χ0) is 15.6. The number of amides is 1. The molecule has 1 aliphatic carbocycles. The van der Waals surface area contributed by atoms with Crippen molar-refractivity contribution in [3.05, 3.63) is 23.2 Å². The first-order valence-electron chi connectivity index (χ1n) is 6.92. The van der Waals surface area contributed by atoms with Crippen LogP contribution in [0.3, 0.4) is 0 Å². The molecule has 1 atom stereocenters. The minimum atomic E-state index is -3.91. The molecule has 0 heterocycles. The van der Waals surface area contributed by atoms with Gasteiger partial charge in [0.1, 0.15) is 10.1 Å². The summed E-state index contributed by atoms with van der Waals surface area (Å²) in [5.74, 6) is -0.499. The monoisotopic (exact) mass is 330 g/mol. The molecule has 0 spiro atoms. The third kappa shape index (κ3) is 3.32. The topological polar surface area (TPSA) is 89.3 Å². The van der Waals surface area contributed by atoms with E-state index >= 15 is 0 Å². The molecule has 1 fully saturated rings. The molecule has 7 heteroatoms. The molecule has 2 rings (SSSR count). The average molecular weight is 331 g/mol. The zero-order valence-electron chi connectivity index (χ0n) is 11.8. The molecule has 3 N–H and O–H groups in total. The van der Waals surface area contributed by atoms with E-state index in [4.69, 9.17) is 17.3 Å². The molecule has 0 aromatic heterocycles. The van der Waals surface area contributed by atoms with E-state index in [1.807, 2.05) is 0 Å². The van der Waals surface area contributed by atoms with Crippen LogP contribution in [0.2, 0.25) is 5.02 Å². The summed E-state index contributed by atoms with van der Waals surface area (Å²) in [6.07, 6.45) is 3.91. The molecule has 0 saturated heterocycles. The Morgan fingerprint density at radius 1 is 1.38 bits per heavy atom. The van der Waals surface area contributed by atoms with Gasteiger partial charge in [-0.1, -0.05) is 30.5 Å². The highest BCUT2D eigenvalue weighted by Crippen LogP contribution is 2.30. The highest BCUT2D eigenvalue weighted by Gasteiger charge is 2.34. The van der Waals surface area contributed by atoms with E-state index < -0.39 is 21.0 Å². The molecular weight excluding hydrogens is 312 g/mol. The van der Waals surface area contributed by atoms with Gasteiger partial charge in [0.2, 0.25) is 5.91 Å². The molecule has 1 aliphatic rings. The van der Waals surface area contributed by atoms with Gasteiger partial charge in [0.25, 0.3) is 0 Å². The number of halogens is 1. The number of nitrogen functional groups attached to an aromatic ring is 1. The van der Waals surface area contributed by atoms with Gasteiger partial charge in [0.05, 0.1) is 10.7 Å². The molecule has 1 aromatic rings. The second kappa shape index (κ2) is 6.23. The SMILES string of the molecule is CC(C(=O)NC1CCCC1)S(=O)(=O)c1c(N)cccc1Cl. The van der Waals surface area contributed by atoms with Crippen molar-refractivity contribution in [3.63, 3.8) is 0 Å². The predicted octanol–water partition coefficient (Wildman–Crippen LogP) is 2.14. The van der Waals surface area contributed by atoms with Crippen molar-refractivity contribution in [2.75, 3.05) is 5.73 Å². The summed E-state index contributed by atoms with van der Waals surface area (Å²) in [6, 6.07) is 4.55. The lowest BCUT2D eigenvalue weighted by atomic mass is 10.2. The van der Waals surface area contributed by atoms with Gasteiger partial charge in [-0.2, -0.15) is 0 Å². The van der Waals surface area contributed by atoms with Gasteiger partial charge in [-0.25, -0.2) is 8.42 Å². The third-order valence-electron chi connectivity index (χ3n) is 3.82. The summed E-state index contributed by atoms with van der Waals surface area (Å²) in [5, 5.41) is 1.61. The molecule has 5 nitrogen and oxygen atoms in total. The summed E-state index contributed by atoms with van der Waals surface area (Å²) in [5.41, 5.74) is 5.77. The molecule has 1 amide bonds. The Morgan fingerprint density at radius 2 is 2.00 bits per heavy atom. The lowest BCUT2D eigenvalue weighted by Gasteiger charge is -2.18. The maximum atomic E-state index is 12.6. The Hall–Kier alpha value is -1.27. The number of sulfone groups is 1. The zero-order valence-corrected chi connectivity index (χ0v) is 13.4. The van der Waals surface area contributed by atoms with Gasteiger partial charge in [-0.3, -0.25) is 4.79 Å². The summed E-state index contributed by atoms with van der Waals surface area (Å²) in [4.78, 5) is 12.0. The van der Waals surface area contributed by atoms with Crippen LogP contribution in [0.5, 0.6) is 0 Å². The first kappa shape index (κ1) is 16.1. The number of hydrogen-bond acceptors (Lipinski definition) is 4. The van der Waals surface area contributed by atoms with Gasteiger partial charge >= 0.3 is 0 Å². The minimum Gasteiger partial charge on any atom is -0.398 e. The van der Waals surface area contributed by atoms with Crippen LogP contribution in [0.25, 0.3) is 0 Å². The smallest absolute Gasteiger partial charge is 0.238 e. The molecule has 116 valence electrons. The fraction of sp³-hybridized carbons (Fsp3) is 0.500. The van der Waals surface area contributed by atoms with Crippen molar-refractivity contribution in [2.24, 2.45) is 0 Å². The van der Waals surface area contributed by atoms with Gasteiger partial charge < -0.3 is 11.1 Å². The molecule has 0 aliphatic heterocycles. The highest BCUT2D eigenvalue weighted by atomic mass is 35.5. The Balaban J connectivity index is 2.24. The number of rotatable bonds is 4. The van der Waals surface area contributed by atoms with E-state index in [-0.39, 0.29) is 21.6 Å². The van der Waals surface area contributed by atoms with Crippen LogP contribution in [-0.4, -0.2) is 25.6 Å². The second-order valence-corrected chi connectivity index (χ2v) is 7.95. The largest absolute Gasteiger partial charge is 0.398 e. The van der Waals surface area contributed by atoms with Crippen molar-refractivity contribution in [3.8, 4) is 0 Å². The van der Waals surface area contributed by atoms with Gasteiger partial charge in [0, 0.05) is 6.04 Å². The normalized spacial score (nSPS) is 17.6. The summed E-state index contributed by atoms with van der Waals surface area (Å²) in [6.45, 7) is 1.36. The number of nitrogens with two attached hydrogens (primary N) is 1. The Kier molecular flexibility index (Phi) is 4.78. The van der Waals surface area contributed by atoms with E-state index in [2.05, 4.69) is 5.32 Å². The number of hydrogen-bond donors (Lipinski definition) is 2. The van der Waals surface area contributed by atoms with Crippen LogP contribution < -0.4 is 11.1 Å². The third-order valence-corrected chi connectivity index (χ3v) is 6.41. The molecular formula is C14H19ClN2O3S. The maximum Gasteiger partial charge on any atom is 0.238 e. The van der Waals surface area contributed by atoms with E-state index in [0.717, 1.165) is 25.7 Å². The number of benzene rings is 1. The standard InChI is InChI=1S/C14H19ClN2O3S/c1-9(14(18)17-10-5-2-3-6-10)21(19,20)13-11(15)7-4-8-12(13)16/h4,7-10H,2-3,5-6,16H2,1H3,(H,17,18). The Labute approximate surface area is 129 Å². The molecule has 1 aromatic carbocycles. The lowest BCUT2D eigenvalue weighted by molar-refractivity contribution is -0.121. The first-order valence-corrected chi connectivity index (χ1v) is 8.84. The maximum absolute atomic E-state index is 12.6. The molecule has 21 heavy (non-hydrogen) atoms. The van der Waals surface area contributed by atoms with Crippen LogP contribution in [-0.2, 0) is 14.6 Å². The van der Waals surface area contributed by atoms with Gasteiger partial charge in [-0.05, 0) is 31.9 Å². The molecule has 1 saturated carbocycles. The Morgan fingerprint density at radius 3 is 2.57 bits per heavy atom. The van der Waals surface area contributed by atoms with E-state index in [0.29, 0.717) is 0 Å². The number of carbonyl (C=O) groups is 1. The van der Waals surface area contributed by atoms with Gasteiger partial charge in [-0.15, -0.1) is 0 Å². The van der Waals surface area contributed by atoms with E-state index in [9.17, 15) is 13.2 Å². The minimum absolute atomic E-state index is 0.0375. The van der Waals surface area contributed by atoms with E-state index in [1.54, 1.807) is 6.07 Å². The lowest BCUT2D eigenvalue weighted by Crippen LogP contribution is -2.42. The molecule has 0 bridgehead atoms. The predicted molar refractivity (Wildman–Crippen MR) is 82.9 cm³/mol. The highest BCUT2D eigenvalue weighted by molar-refractivity contribution is 7.93. The molecule has 1 unspecified atom stereocenters. The van der Waals surface area contributed by atoms with E-state index in [1.165, 1.54) is 19.1 Å². The first-order chi connectivity index (χ1) is 9.84. The van der Waals surface area contributed by atoms with Crippen molar-refractivity contribution in [1.29, 1.82) is 0 Å². The number of nitrogens with one attached hydrogen (secondary N) is 1. The van der Waals surface area contributed by atoms with Crippen molar-refractivity contribution < 1.29 is 13.2 Å². The average Bonchev–Trinajstić information content (AvgIpc) is 2.90. The fourth-order valence-corrected chi connectivity index (χ4v) is 4.48. The van der Waals surface area contributed by atoms with Crippen molar-refractivity contribution in [1.82, 2.24) is 5.32 Å². The number of anilines is 1. The van der Waals surface area contributed by atoms with Crippen LogP contribution in [0, 0.1) is 0 Å². The van der Waals surface area contributed by atoms with Crippen LogP contribution in [0.15, 0.2) is 23.1 Å². The van der Waals surface area contributed by atoms with Crippen molar-refractivity contribution in [2.45, 2.75) is 48.8 Å². The number of carbonyl (C=O) groups excluding carboxylic acids is 1. The second-order valence-electron chi connectivity index (χ2n) is 5.34. The van der Waals surface area contributed by atoms with Crippen LogP contribution in [0.4, 0.5) is 5.69 Å². The summed E-state index contributed by atoms with van der Waals surface area (Å²) < 4.78 is 25.1. The van der Waals surface area contributed by atoms with Gasteiger partial charge in [0.15, 0.2) is 9.84 Å². The summed E-state index contributed by atoms with van der Waals surface area (Å²) >= 11 is 5.94. The quantitative estimate of drug-likeness (QED) is 0.828. The van der Waals surface area contributed by atoms with Crippen LogP contribution >= 0.6 is 11.6 Å². The molecule has 0 radical (unpaired) electrons.